The molecule has 2 N–H and O–H groups in total. The van der Waals surface area contributed by atoms with Crippen molar-refractivity contribution in [2.24, 2.45) is 0 Å². The number of likely N-dealkylation sites (tertiary alicyclic amines) is 1. The van der Waals surface area contributed by atoms with Gasteiger partial charge in [0.2, 0.25) is 0 Å². The second-order valence-corrected chi connectivity index (χ2v) is 5.07. The zero-order valence-electron chi connectivity index (χ0n) is 11.4. The van der Waals surface area contributed by atoms with Crippen molar-refractivity contribution in [2.45, 2.75) is 12.3 Å². The maximum atomic E-state index is 5.73. The van der Waals surface area contributed by atoms with Crippen molar-refractivity contribution in [3.8, 4) is 0 Å². The molecule has 1 atom stereocenters. The Hall–Kier alpha value is -1.80. The van der Waals surface area contributed by atoms with Crippen LogP contribution in [0.15, 0.2) is 61.2 Å². The molecule has 0 unspecified atom stereocenters. The molecule has 0 spiro atoms. The second-order valence-electron chi connectivity index (χ2n) is 5.07. The molecule has 1 aromatic carbocycles. The molecular formula is C17H22N2. The Morgan fingerprint density at radius 3 is 2.68 bits per heavy atom. The fourth-order valence-electron chi connectivity index (χ4n) is 2.61. The number of hydrogen-bond acceptors (Lipinski definition) is 2. The highest BCUT2D eigenvalue weighted by atomic mass is 15.1. The minimum Gasteiger partial charge on any atom is -0.399 e. The first kappa shape index (κ1) is 13.6. The first-order chi connectivity index (χ1) is 9.22. The van der Waals surface area contributed by atoms with E-state index in [0.29, 0.717) is 5.92 Å². The fourth-order valence-corrected chi connectivity index (χ4v) is 2.61. The average molecular weight is 254 g/mol. The van der Waals surface area contributed by atoms with E-state index in [4.69, 9.17) is 5.73 Å². The predicted molar refractivity (Wildman–Crippen MR) is 83.1 cm³/mol. The number of nitrogen functional groups attached to an aromatic ring is 1. The summed E-state index contributed by atoms with van der Waals surface area (Å²) in [6.45, 7) is 10.8. The molecular weight excluding hydrogens is 232 g/mol. The van der Waals surface area contributed by atoms with Gasteiger partial charge in [-0.3, -0.25) is 4.90 Å². The van der Waals surface area contributed by atoms with E-state index in [1.54, 1.807) is 0 Å². The average Bonchev–Trinajstić information content (AvgIpc) is 2.87. The molecule has 1 heterocycles. The Balaban J connectivity index is 1.96. The fraction of sp³-hybridized carbons (Fsp3) is 0.294. The summed E-state index contributed by atoms with van der Waals surface area (Å²) in [6.07, 6.45) is 6.98. The highest BCUT2D eigenvalue weighted by molar-refractivity contribution is 5.40. The van der Waals surface area contributed by atoms with Crippen LogP contribution in [-0.2, 0) is 0 Å². The Morgan fingerprint density at radius 2 is 2.05 bits per heavy atom. The number of anilines is 1. The lowest BCUT2D eigenvalue weighted by molar-refractivity contribution is 0.366. The number of nitrogens with zero attached hydrogens (tertiary/aromatic N) is 1. The molecule has 0 aromatic heterocycles. The van der Waals surface area contributed by atoms with Crippen molar-refractivity contribution < 1.29 is 0 Å². The second kappa shape index (κ2) is 6.39. The third-order valence-corrected chi connectivity index (χ3v) is 3.68. The Morgan fingerprint density at radius 1 is 1.32 bits per heavy atom. The van der Waals surface area contributed by atoms with Gasteiger partial charge in [-0.2, -0.15) is 0 Å². The highest BCUT2D eigenvalue weighted by Crippen LogP contribution is 2.28. The molecule has 0 saturated carbocycles. The van der Waals surface area contributed by atoms with Gasteiger partial charge in [0.15, 0.2) is 0 Å². The minimum absolute atomic E-state index is 0.621. The zero-order chi connectivity index (χ0) is 13.7. The molecule has 0 bridgehead atoms. The monoisotopic (exact) mass is 254 g/mol. The van der Waals surface area contributed by atoms with Crippen LogP contribution in [0, 0.1) is 0 Å². The molecule has 2 nitrogen and oxygen atoms in total. The van der Waals surface area contributed by atoms with Gasteiger partial charge in [0.05, 0.1) is 0 Å². The van der Waals surface area contributed by atoms with E-state index < -0.39 is 0 Å². The van der Waals surface area contributed by atoms with Crippen LogP contribution < -0.4 is 5.73 Å². The van der Waals surface area contributed by atoms with Crippen molar-refractivity contribution >= 4 is 5.69 Å². The van der Waals surface area contributed by atoms with Gasteiger partial charge in [0.25, 0.3) is 0 Å². The Bertz CT molecular complexity index is 471. The molecule has 100 valence electrons. The summed E-state index contributed by atoms with van der Waals surface area (Å²) in [5.74, 6) is 0.621. The molecule has 2 rings (SSSR count). The number of nitrogens with two attached hydrogens (primary N) is 1. The molecule has 0 aliphatic carbocycles. The Kier molecular flexibility index (Phi) is 4.58. The number of allylic oxidation sites excluding steroid dienone is 2. The van der Waals surface area contributed by atoms with Crippen LogP contribution in [0.4, 0.5) is 5.69 Å². The molecule has 0 amide bonds. The van der Waals surface area contributed by atoms with E-state index in [1.165, 1.54) is 17.6 Å². The van der Waals surface area contributed by atoms with Gasteiger partial charge in [-0.1, -0.05) is 43.5 Å². The quantitative estimate of drug-likeness (QED) is 0.645. The van der Waals surface area contributed by atoms with Crippen LogP contribution in [0.1, 0.15) is 17.9 Å². The van der Waals surface area contributed by atoms with E-state index in [2.05, 4.69) is 30.2 Å². The SMILES string of the molecule is C=C/C=C(\C=C)CN1CC[C@@H](c2ccc(N)cc2)C1. The van der Waals surface area contributed by atoms with Crippen LogP contribution >= 0.6 is 0 Å². The topological polar surface area (TPSA) is 29.3 Å². The van der Waals surface area contributed by atoms with Gasteiger partial charge in [-0.25, -0.2) is 0 Å². The van der Waals surface area contributed by atoms with Crippen molar-refractivity contribution in [1.29, 1.82) is 0 Å². The van der Waals surface area contributed by atoms with Gasteiger partial charge in [-0.15, -0.1) is 0 Å². The minimum atomic E-state index is 0.621. The summed E-state index contributed by atoms with van der Waals surface area (Å²) in [4.78, 5) is 2.47. The van der Waals surface area contributed by atoms with Crippen molar-refractivity contribution in [3.05, 3.63) is 66.8 Å². The van der Waals surface area contributed by atoms with Gasteiger partial charge < -0.3 is 5.73 Å². The van der Waals surface area contributed by atoms with Gasteiger partial charge >= 0.3 is 0 Å². The van der Waals surface area contributed by atoms with Crippen molar-refractivity contribution in [2.75, 3.05) is 25.4 Å². The molecule has 1 saturated heterocycles. The highest BCUT2D eigenvalue weighted by Gasteiger charge is 2.23. The molecule has 1 aliphatic heterocycles. The van der Waals surface area contributed by atoms with E-state index >= 15 is 0 Å². The molecule has 0 radical (unpaired) electrons. The summed E-state index contributed by atoms with van der Waals surface area (Å²) >= 11 is 0. The third kappa shape index (κ3) is 3.58. The third-order valence-electron chi connectivity index (χ3n) is 3.68. The first-order valence-electron chi connectivity index (χ1n) is 6.74. The summed E-state index contributed by atoms with van der Waals surface area (Å²) < 4.78 is 0. The standard InChI is InChI=1S/C17H22N2/c1-3-5-14(4-2)12-19-11-10-16(13-19)15-6-8-17(18)9-7-15/h3-9,16H,1-2,10-13,18H2/b14-5+/t16-/m1/s1. The van der Waals surface area contributed by atoms with Gasteiger partial charge in [0.1, 0.15) is 0 Å². The smallest absolute Gasteiger partial charge is 0.0314 e. The van der Waals surface area contributed by atoms with Crippen LogP contribution in [0.5, 0.6) is 0 Å². The summed E-state index contributed by atoms with van der Waals surface area (Å²) in [5.41, 5.74) is 9.19. The molecule has 1 aliphatic rings. The summed E-state index contributed by atoms with van der Waals surface area (Å²) in [5, 5.41) is 0. The molecule has 19 heavy (non-hydrogen) atoms. The van der Waals surface area contributed by atoms with E-state index in [1.807, 2.05) is 30.4 Å². The lowest BCUT2D eigenvalue weighted by atomic mass is 9.98. The predicted octanol–water partition coefficient (Wildman–Crippen LogP) is 3.36. The van der Waals surface area contributed by atoms with Crippen LogP contribution in [0.2, 0.25) is 0 Å². The van der Waals surface area contributed by atoms with Crippen LogP contribution in [0.3, 0.4) is 0 Å². The summed E-state index contributed by atoms with van der Waals surface area (Å²) in [7, 11) is 0. The molecule has 1 aromatic rings. The number of rotatable bonds is 5. The van der Waals surface area contributed by atoms with Gasteiger partial charge in [-0.05, 0) is 42.2 Å². The van der Waals surface area contributed by atoms with E-state index in [-0.39, 0.29) is 0 Å². The number of hydrogen-bond donors (Lipinski definition) is 1. The lowest BCUT2D eigenvalue weighted by Crippen LogP contribution is -2.22. The van der Waals surface area contributed by atoms with E-state index in [0.717, 1.165) is 25.3 Å². The maximum absolute atomic E-state index is 5.73. The van der Waals surface area contributed by atoms with E-state index in [9.17, 15) is 0 Å². The normalized spacial score (nSPS) is 20.4. The van der Waals surface area contributed by atoms with Gasteiger partial charge in [0, 0.05) is 18.8 Å². The maximum Gasteiger partial charge on any atom is 0.0314 e. The largest absolute Gasteiger partial charge is 0.399 e. The molecule has 1 fully saturated rings. The van der Waals surface area contributed by atoms with Crippen LogP contribution in [-0.4, -0.2) is 24.5 Å². The Labute approximate surface area is 115 Å². The van der Waals surface area contributed by atoms with Crippen LogP contribution in [0.25, 0.3) is 0 Å². The zero-order valence-corrected chi connectivity index (χ0v) is 11.4. The lowest BCUT2D eigenvalue weighted by Gasteiger charge is -2.16. The molecule has 2 heteroatoms. The number of benzene rings is 1. The van der Waals surface area contributed by atoms with Crippen molar-refractivity contribution in [1.82, 2.24) is 4.90 Å². The van der Waals surface area contributed by atoms with Crippen molar-refractivity contribution in [3.63, 3.8) is 0 Å². The summed E-state index contributed by atoms with van der Waals surface area (Å²) in [6, 6.07) is 8.28. The first-order valence-corrected chi connectivity index (χ1v) is 6.74.